The highest BCUT2D eigenvalue weighted by molar-refractivity contribution is 7.91. The number of nitrogens with zero attached hydrogens (tertiary/aromatic N) is 2. The number of carbonyl (C=O) groups excluding carboxylic acids is 1. The van der Waals surface area contributed by atoms with Crippen LogP contribution in [0.4, 0.5) is 0 Å². The van der Waals surface area contributed by atoms with Gasteiger partial charge in [0, 0.05) is 17.5 Å². The fourth-order valence-electron chi connectivity index (χ4n) is 2.84. The highest BCUT2D eigenvalue weighted by Gasteiger charge is 2.35. The van der Waals surface area contributed by atoms with Crippen LogP contribution in [0, 0.1) is 6.92 Å². The molecule has 1 fully saturated rings. The second kappa shape index (κ2) is 6.52. The smallest absolute Gasteiger partial charge is 0.274 e. The zero-order valence-corrected chi connectivity index (χ0v) is 15.0. The summed E-state index contributed by atoms with van der Waals surface area (Å²) >= 11 is 1.62. The Morgan fingerprint density at radius 3 is 2.92 bits per heavy atom. The minimum Gasteiger partial charge on any atom is -0.330 e. The van der Waals surface area contributed by atoms with Gasteiger partial charge in [-0.05, 0) is 31.5 Å². The van der Waals surface area contributed by atoms with Gasteiger partial charge in [0.1, 0.15) is 0 Å². The van der Waals surface area contributed by atoms with E-state index < -0.39 is 9.84 Å². The van der Waals surface area contributed by atoms with Crippen LogP contribution in [-0.4, -0.2) is 53.5 Å². The van der Waals surface area contributed by atoms with Crippen molar-refractivity contribution >= 4 is 27.1 Å². The van der Waals surface area contributed by atoms with Crippen LogP contribution in [0.25, 0.3) is 10.6 Å². The summed E-state index contributed by atoms with van der Waals surface area (Å²) in [5.74, 6) is -0.139. The van der Waals surface area contributed by atoms with Crippen molar-refractivity contribution < 1.29 is 13.2 Å². The van der Waals surface area contributed by atoms with Crippen LogP contribution < -0.4 is 0 Å². The molecule has 0 bridgehead atoms. The number of nitrogens with one attached hydrogen (secondary N) is 1. The molecule has 6 nitrogen and oxygen atoms in total. The van der Waals surface area contributed by atoms with Gasteiger partial charge in [0.2, 0.25) is 0 Å². The SMILES string of the molecule is C=CCN(C(=O)c1cc(-c2ccc(C)s2)[nH]n1)C1CCS(=O)(=O)C1. The zero-order valence-electron chi connectivity index (χ0n) is 13.4. The average Bonchev–Trinajstić information content (AvgIpc) is 3.23. The molecule has 1 saturated heterocycles. The van der Waals surface area contributed by atoms with Crippen molar-refractivity contribution in [3.05, 3.63) is 41.4 Å². The zero-order chi connectivity index (χ0) is 17.3. The third kappa shape index (κ3) is 3.44. The Morgan fingerprint density at radius 2 is 2.33 bits per heavy atom. The van der Waals surface area contributed by atoms with Crippen LogP contribution in [-0.2, 0) is 9.84 Å². The van der Waals surface area contributed by atoms with Crippen molar-refractivity contribution in [3.63, 3.8) is 0 Å². The first-order valence-electron chi connectivity index (χ1n) is 7.64. The number of sulfone groups is 1. The van der Waals surface area contributed by atoms with Crippen LogP contribution in [0.1, 0.15) is 21.8 Å². The number of hydrogen-bond acceptors (Lipinski definition) is 5. The van der Waals surface area contributed by atoms with Gasteiger partial charge in [-0.1, -0.05) is 6.08 Å². The van der Waals surface area contributed by atoms with Crippen molar-refractivity contribution in [2.75, 3.05) is 18.1 Å². The fraction of sp³-hybridized carbons (Fsp3) is 0.375. The van der Waals surface area contributed by atoms with Crippen LogP contribution in [0.3, 0.4) is 0 Å². The number of hydrogen-bond donors (Lipinski definition) is 1. The van der Waals surface area contributed by atoms with Gasteiger partial charge in [-0.2, -0.15) is 5.10 Å². The molecule has 1 N–H and O–H groups in total. The topological polar surface area (TPSA) is 83.1 Å². The summed E-state index contributed by atoms with van der Waals surface area (Å²) < 4.78 is 23.4. The molecule has 0 aromatic carbocycles. The van der Waals surface area contributed by atoms with Gasteiger partial charge in [-0.15, -0.1) is 17.9 Å². The van der Waals surface area contributed by atoms with Crippen molar-refractivity contribution in [3.8, 4) is 10.6 Å². The summed E-state index contributed by atoms with van der Waals surface area (Å²) in [6, 6.07) is 5.39. The second-order valence-corrected chi connectivity index (χ2v) is 9.40. The van der Waals surface area contributed by atoms with E-state index >= 15 is 0 Å². The van der Waals surface area contributed by atoms with E-state index in [9.17, 15) is 13.2 Å². The number of aromatic nitrogens is 2. The summed E-state index contributed by atoms with van der Waals surface area (Å²) in [6.45, 7) is 5.99. The van der Waals surface area contributed by atoms with Crippen molar-refractivity contribution in [1.82, 2.24) is 15.1 Å². The molecule has 8 heteroatoms. The monoisotopic (exact) mass is 365 g/mol. The number of rotatable bonds is 5. The molecule has 128 valence electrons. The summed E-state index contributed by atoms with van der Waals surface area (Å²) in [6.07, 6.45) is 2.07. The molecular formula is C16H19N3O3S2. The molecule has 2 aromatic heterocycles. The van der Waals surface area contributed by atoms with E-state index in [2.05, 4.69) is 16.8 Å². The van der Waals surface area contributed by atoms with E-state index in [0.29, 0.717) is 18.7 Å². The van der Waals surface area contributed by atoms with E-state index in [4.69, 9.17) is 0 Å². The molecule has 0 saturated carbocycles. The van der Waals surface area contributed by atoms with Crippen LogP contribution in [0.5, 0.6) is 0 Å². The first-order chi connectivity index (χ1) is 11.4. The molecule has 0 radical (unpaired) electrons. The van der Waals surface area contributed by atoms with Gasteiger partial charge in [0.05, 0.1) is 22.1 Å². The van der Waals surface area contributed by atoms with E-state index in [1.165, 1.54) is 4.88 Å². The number of amides is 1. The average molecular weight is 365 g/mol. The van der Waals surface area contributed by atoms with E-state index in [1.807, 2.05) is 19.1 Å². The molecule has 3 rings (SSSR count). The maximum Gasteiger partial charge on any atom is 0.274 e. The molecular weight excluding hydrogens is 346 g/mol. The Morgan fingerprint density at radius 1 is 1.54 bits per heavy atom. The molecule has 1 aliphatic rings. The first-order valence-corrected chi connectivity index (χ1v) is 10.3. The molecule has 24 heavy (non-hydrogen) atoms. The fourth-order valence-corrected chi connectivity index (χ4v) is 5.41. The lowest BCUT2D eigenvalue weighted by atomic mass is 10.2. The Kier molecular flexibility index (Phi) is 4.60. The summed E-state index contributed by atoms with van der Waals surface area (Å²) in [7, 11) is -3.06. The number of thiophene rings is 1. The van der Waals surface area contributed by atoms with Crippen molar-refractivity contribution in [2.45, 2.75) is 19.4 Å². The Balaban J connectivity index is 1.83. The van der Waals surface area contributed by atoms with Crippen LogP contribution in [0.15, 0.2) is 30.9 Å². The number of H-pyrrole nitrogens is 1. The molecule has 0 spiro atoms. The molecule has 1 unspecified atom stereocenters. The lowest BCUT2D eigenvalue weighted by molar-refractivity contribution is 0.0714. The molecule has 1 amide bonds. The number of carbonyl (C=O) groups is 1. The first kappa shape index (κ1) is 16.9. The molecule has 3 heterocycles. The third-order valence-electron chi connectivity index (χ3n) is 4.04. The Hall–Kier alpha value is -1.93. The Labute approximate surface area is 145 Å². The minimum atomic E-state index is -3.06. The van der Waals surface area contributed by atoms with Crippen molar-refractivity contribution in [1.29, 1.82) is 0 Å². The second-order valence-electron chi connectivity index (χ2n) is 5.88. The summed E-state index contributed by atoms with van der Waals surface area (Å²) in [5, 5.41) is 7.01. The molecule has 2 aromatic rings. The quantitative estimate of drug-likeness (QED) is 0.824. The van der Waals surface area contributed by atoms with Crippen LogP contribution >= 0.6 is 11.3 Å². The van der Waals surface area contributed by atoms with Gasteiger partial charge in [-0.25, -0.2) is 8.42 Å². The van der Waals surface area contributed by atoms with Gasteiger partial charge in [0.15, 0.2) is 15.5 Å². The van der Waals surface area contributed by atoms with Crippen LogP contribution in [0.2, 0.25) is 0 Å². The van der Waals surface area contributed by atoms with E-state index in [-0.39, 0.29) is 23.5 Å². The highest BCUT2D eigenvalue weighted by Crippen LogP contribution is 2.27. The van der Waals surface area contributed by atoms with Gasteiger partial charge < -0.3 is 4.90 Å². The third-order valence-corrected chi connectivity index (χ3v) is 6.82. The Bertz CT molecular complexity index is 867. The summed E-state index contributed by atoms with van der Waals surface area (Å²) in [4.78, 5) is 16.5. The lowest BCUT2D eigenvalue weighted by Gasteiger charge is -2.26. The molecule has 0 aliphatic carbocycles. The predicted octanol–water partition coefficient (Wildman–Crippen LogP) is 2.26. The highest BCUT2D eigenvalue weighted by atomic mass is 32.2. The maximum absolute atomic E-state index is 12.8. The predicted molar refractivity (Wildman–Crippen MR) is 94.9 cm³/mol. The van der Waals surface area contributed by atoms with E-state index in [0.717, 1.165) is 10.6 Å². The lowest BCUT2D eigenvalue weighted by Crippen LogP contribution is -2.41. The van der Waals surface area contributed by atoms with E-state index in [1.54, 1.807) is 28.4 Å². The minimum absolute atomic E-state index is 0.00792. The molecule has 1 aliphatic heterocycles. The number of aromatic amines is 1. The van der Waals surface area contributed by atoms with Gasteiger partial charge in [0.25, 0.3) is 5.91 Å². The molecule has 1 atom stereocenters. The van der Waals surface area contributed by atoms with Crippen molar-refractivity contribution in [2.24, 2.45) is 0 Å². The number of aryl methyl sites for hydroxylation is 1. The standard InChI is InChI=1S/C16H19N3O3S2/c1-3-7-19(12-6-8-24(21,22)10-12)16(20)14-9-13(17-18-14)15-5-4-11(2)23-15/h3-5,9,12H,1,6-8,10H2,2H3,(H,17,18). The summed E-state index contributed by atoms with van der Waals surface area (Å²) in [5.41, 5.74) is 1.08. The van der Waals surface area contributed by atoms with Gasteiger partial charge >= 0.3 is 0 Å². The largest absolute Gasteiger partial charge is 0.330 e. The maximum atomic E-state index is 12.8. The van der Waals surface area contributed by atoms with Gasteiger partial charge in [-0.3, -0.25) is 9.89 Å². The normalized spacial score (nSPS) is 19.3.